The van der Waals surface area contributed by atoms with Gasteiger partial charge in [0.2, 0.25) is 0 Å². The Bertz CT molecular complexity index is 1250. The molecular formula is C28H33N3O6. The second-order valence-corrected chi connectivity index (χ2v) is 9.26. The highest BCUT2D eigenvalue weighted by Crippen LogP contribution is 2.27. The number of ether oxygens (including phenoxy) is 1. The van der Waals surface area contributed by atoms with Crippen molar-refractivity contribution in [3.8, 4) is 5.75 Å². The Morgan fingerprint density at radius 3 is 2.70 bits per heavy atom. The minimum Gasteiger partial charge on any atom is -0.494 e. The van der Waals surface area contributed by atoms with Gasteiger partial charge in [0.05, 0.1) is 23.8 Å². The van der Waals surface area contributed by atoms with Crippen molar-refractivity contribution < 1.29 is 28.6 Å². The maximum absolute atomic E-state index is 12.9. The molecule has 1 unspecified atom stereocenters. The Morgan fingerprint density at radius 1 is 1.08 bits per heavy atom. The van der Waals surface area contributed by atoms with Gasteiger partial charge in [0.1, 0.15) is 11.3 Å². The molecule has 9 nitrogen and oxygen atoms in total. The molecule has 2 aromatic carbocycles. The van der Waals surface area contributed by atoms with Crippen molar-refractivity contribution in [1.29, 1.82) is 0 Å². The van der Waals surface area contributed by atoms with Crippen LogP contribution in [-0.4, -0.2) is 40.9 Å². The fourth-order valence-electron chi connectivity index (χ4n) is 4.33. The summed E-state index contributed by atoms with van der Waals surface area (Å²) >= 11 is 0. The third-order valence-electron chi connectivity index (χ3n) is 6.49. The van der Waals surface area contributed by atoms with E-state index in [0.29, 0.717) is 29.2 Å². The van der Waals surface area contributed by atoms with Gasteiger partial charge in [0.25, 0.3) is 5.91 Å². The highest BCUT2D eigenvalue weighted by Gasteiger charge is 2.28. The third-order valence-corrected chi connectivity index (χ3v) is 6.49. The van der Waals surface area contributed by atoms with Crippen LogP contribution in [-0.2, 0) is 4.79 Å². The van der Waals surface area contributed by atoms with E-state index < -0.39 is 17.7 Å². The van der Waals surface area contributed by atoms with Crippen molar-refractivity contribution in [3.05, 3.63) is 59.9 Å². The zero-order valence-corrected chi connectivity index (χ0v) is 21.0. The smallest absolute Gasteiger partial charge is 0.307 e. The number of carbonyl (C=O) groups excluding carboxylic acids is 2. The summed E-state index contributed by atoms with van der Waals surface area (Å²) in [5, 5.41) is 11.8. The SMILES string of the molecule is CCCCCCCOc1ccc2oc(C(=O)CC(CCN3NNc4ccccc4C3=O)C(=O)O)cc2c1. The van der Waals surface area contributed by atoms with Crippen LogP contribution < -0.4 is 15.7 Å². The second-order valence-electron chi connectivity index (χ2n) is 9.26. The number of para-hydroxylation sites is 1. The Kier molecular flexibility index (Phi) is 8.79. The molecule has 4 rings (SSSR count). The van der Waals surface area contributed by atoms with Crippen LogP contribution >= 0.6 is 0 Å². The minimum atomic E-state index is -1.10. The lowest BCUT2D eigenvalue weighted by molar-refractivity contribution is -0.142. The molecule has 0 saturated carbocycles. The number of furan rings is 1. The molecule has 1 aliphatic rings. The summed E-state index contributed by atoms with van der Waals surface area (Å²) in [4.78, 5) is 37.5. The number of hydrazine groups is 2. The second kappa shape index (κ2) is 12.4. The van der Waals surface area contributed by atoms with E-state index in [2.05, 4.69) is 17.9 Å². The van der Waals surface area contributed by atoms with Gasteiger partial charge in [0, 0.05) is 18.4 Å². The van der Waals surface area contributed by atoms with Gasteiger partial charge < -0.3 is 19.7 Å². The number of ketones is 1. The number of carboxylic acids is 1. The number of nitrogens with one attached hydrogen (secondary N) is 2. The molecule has 3 aromatic rings. The van der Waals surface area contributed by atoms with E-state index >= 15 is 0 Å². The molecule has 1 atom stereocenters. The number of fused-ring (bicyclic) bond motifs is 2. The lowest BCUT2D eigenvalue weighted by atomic mass is 9.97. The number of hydrogen-bond acceptors (Lipinski definition) is 7. The summed E-state index contributed by atoms with van der Waals surface area (Å²) in [5.41, 5.74) is 7.39. The number of aliphatic carboxylic acids is 1. The van der Waals surface area contributed by atoms with Gasteiger partial charge in [-0.3, -0.25) is 19.4 Å². The van der Waals surface area contributed by atoms with Crippen molar-refractivity contribution in [2.45, 2.75) is 51.9 Å². The minimum absolute atomic E-state index is 0.0974. The number of anilines is 1. The predicted octanol–water partition coefficient (Wildman–Crippen LogP) is 5.43. The number of benzene rings is 2. The summed E-state index contributed by atoms with van der Waals surface area (Å²) < 4.78 is 11.5. The monoisotopic (exact) mass is 507 g/mol. The average molecular weight is 508 g/mol. The Hall–Kier alpha value is -3.85. The molecule has 0 spiro atoms. The van der Waals surface area contributed by atoms with E-state index in [0.717, 1.165) is 18.2 Å². The van der Waals surface area contributed by atoms with Crippen LogP contribution in [0.15, 0.2) is 52.9 Å². The number of unbranched alkanes of at least 4 members (excludes halogenated alkanes) is 4. The summed E-state index contributed by atoms with van der Waals surface area (Å²) in [6, 6.07) is 14.1. The first-order valence-electron chi connectivity index (χ1n) is 12.8. The van der Waals surface area contributed by atoms with E-state index in [4.69, 9.17) is 9.15 Å². The van der Waals surface area contributed by atoms with Gasteiger partial charge in [-0.25, -0.2) is 0 Å². The Balaban J connectivity index is 1.33. The first-order valence-corrected chi connectivity index (χ1v) is 12.8. The molecule has 9 heteroatoms. The summed E-state index contributed by atoms with van der Waals surface area (Å²) in [7, 11) is 0. The van der Waals surface area contributed by atoms with Crippen molar-refractivity contribution in [1.82, 2.24) is 10.5 Å². The van der Waals surface area contributed by atoms with Crippen LogP contribution in [0.25, 0.3) is 11.0 Å². The summed E-state index contributed by atoms with van der Waals surface area (Å²) in [6.07, 6.45) is 5.64. The zero-order chi connectivity index (χ0) is 26.2. The van der Waals surface area contributed by atoms with Gasteiger partial charge in [0.15, 0.2) is 11.5 Å². The number of amides is 1. The Labute approximate surface area is 215 Å². The molecule has 0 radical (unpaired) electrons. The molecular weight excluding hydrogens is 474 g/mol. The normalized spacial score (nSPS) is 13.8. The molecule has 3 N–H and O–H groups in total. The number of nitrogens with zero attached hydrogens (tertiary/aromatic N) is 1. The molecule has 1 aliphatic heterocycles. The molecule has 1 aromatic heterocycles. The standard InChI is InChI=1S/C28H33N3O6/c1-2-3-4-5-8-15-36-21-11-12-25-20(16-21)18-26(37-25)24(32)17-19(28(34)35)13-14-31-27(33)22-9-6-7-10-23(22)29-30-31/h6-7,9-12,16,18-19,29-30H,2-5,8,13-15,17H2,1H3,(H,34,35). The fraction of sp³-hybridized carbons (Fsp3) is 0.393. The third kappa shape index (κ3) is 6.68. The summed E-state index contributed by atoms with van der Waals surface area (Å²) in [5.74, 6) is -1.92. The maximum atomic E-state index is 12.9. The van der Waals surface area contributed by atoms with Crippen molar-refractivity contribution in [3.63, 3.8) is 0 Å². The molecule has 196 valence electrons. The van der Waals surface area contributed by atoms with E-state index in [1.807, 2.05) is 12.1 Å². The van der Waals surface area contributed by atoms with Crippen LogP contribution in [0.3, 0.4) is 0 Å². The predicted molar refractivity (Wildman–Crippen MR) is 139 cm³/mol. The van der Waals surface area contributed by atoms with Gasteiger partial charge >= 0.3 is 5.97 Å². The number of rotatable bonds is 14. The van der Waals surface area contributed by atoms with Gasteiger partial charge in [-0.2, -0.15) is 0 Å². The lowest BCUT2D eigenvalue weighted by Crippen LogP contribution is -2.50. The van der Waals surface area contributed by atoms with E-state index in [1.165, 1.54) is 24.3 Å². The van der Waals surface area contributed by atoms with Gasteiger partial charge in [-0.1, -0.05) is 44.7 Å². The topological polar surface area (TPSA) is 121 Å². The van der Waals surface area contributed by atoms with Crippen LogP contribution in [0.4, 0.5) is 5.69 Å². The number of Topliss-reactive ketones (excluding diaryl/α,β-unsaturated/α-hetero) is 1. The molecule has 37 heavy (non-hydrogen) atoms. The molecule has 2 heterocycles. The zero-order valence-electron chi connectivity index (χ0n) is 21.0. The molecule has 0 saturated heterocycles. The largest absolute Gasteiger partial charge is 0.494 e. The summed E-state index contributed by atoms with van der Waals surface area (Å²) in [6.45, 7) is 2.93. The van der Waals surface area contributed by atoms with Crippen LogP contribution in [0, 0.1) is 5.92 Å². The molecule has 0 fully saturated rings. The highest BCUT2D eigenvalue weighted by molar-refractivity contribution is 6.01. The molecule has 1 amide bonds. The van der Waals surface area contributed by atoms with E-state index in [9.17, 15) is 19.5 Å². The Morgan fingerprint density at radius 2 is 1.89 bits per heavy atom. The van der Waals surface area contributed by atoms with Crippen molar-refractivity contribution in [2.24, 2.45) is 5.92 Å². The van der Waals surface area contributed by atoms with Gasteiger partial charge in [-0.15, -0.1) is 5.53 Å². The van der Waals surface area contributed by atoms with Gasteiger partial charge in [-0.05, 0) is 49.2 Å². The quantitative estimate of drug-likeness (QED) is 0.195. The molecule has 0 bridgehead atoms. The average Bonchev–Trinajstić information content (AvgIpc) is 3.33. The first kappa shape index (κ1) is 26.2. The van der Waals surface area contributed by atoms with Crippen LogP contribution in [0.1, 0.15) is 72.8 Å². The number of carbonyl (C=O) groups is 3. The van der Waals surface area contributed by atoms with Crippen LogP contribution in [0.5, 0.6) is 5.75 Å². The van der Waals surface area contributed by atoms with E-state index in [-0.39, 0.29) is 31.1 Å². The number of carboxylic acid groups (broad SMARTS) is 1. The maximum Gasteiger partial charge on any atom is 0.307 e. The fourth-order valence-corrected chi connectivity index (χ4v) is 4.33. The van der Waals surface area contributed by atoms with Crippen molar-refractivity contribution in [2.75, 3.05) is 18.6 Å². The molecule has 0 aliphatic carbocycles. The first-order chi connectivity index (χ1) is 18.0. The lowest BCUT2D eigenvalue weighted by Gasteiger charge is -2.30. The van der Waals surface area contributed by atoms with Crippen LogP contribution in [0.2, 0.25) is 0 Å². The number of hydrogen-bond donors (Lipinski definition) is 3. The van der Waals surface area contributed by atoms with E-state index in [1.54, 1.807) is 36.4 Å². The van der Waals surface area contributed by atoms with Crippen molar-refractivity contribution >= 4 is 34.3 Å². The highest BCUT2D eigenvalue weighted by atomic mass is 16.5.